The predicted molar refractivity (Wildman–Crippen MR) is 101 cm³/mol. The van der Waals surface area contributed by atoms with Gasteiger partial charge < -0.3 is 10.1 Å². The molecule has 140 valence electrons. The molecule has 7 heteroatoms. The first-order valence-electron chi connectivity index (χ1n) is 8.18. The fourth-order valence-electron chi connectivity index (χ4n) is 2.51. The van der Waals surface area contributed by atoms with Crippen molar-refractivity contribution >= 4 is 15.9 Å². The predicted octanol–water partition coefficient (Wildman–Crippen LogP) is 2.25. The second-order valence-electron chi connectivity index (χ2n) is 6.28. The largest absolute Gasteiger partial charge is 0.484 e. The molecule has 2 aromatic carbocycles. The van der Waals surface area contributed by atoms with Gasteiger partial charge in [-0.05, 0) is 48.7 Å². The van der Waals surface area contributed by atoms with Gasteiger partial charge in [0.25, 0.3) is 5.91 Å². The first kappa shape index (κ1) is 19.9. The molecule has 6 nitrogen and oxygen atoms in total. The quantitative estimate of drug-likeness (QED) is 0.804. The molecule has 0 atom stereocenters. The van der Waals surface area contributed by atoms with E-state index in [1.54, 1.807) is 18.2 Å². The Bertz CT molecular complexity index is 872. The fourth-order valence-corrected chi connectivity index (χ4v) is 3.62. The van der Waals surface area contributed by atoms with Gasteiger partial charge in [-0.2, -0.15) is 0 Å². The number of hydrogen-bond acceptors (Lipinski definition) is 4. The summed E-state index contributed by atoms with van der Waals surface area (Å²) in [4.78, 5) is 12.2. The molecule has 2 rings (SSSR count). The van der Waals surface area contributed by atoms with Crippen LogP contribution in [0.3, 0.4) is 0 Å². The maximum atomic E-state index is 12.4. The third kappa shape index (κ3) is 5.06. The molecule has 0 heterocycles. The van der Waals surface area contributed by atoms with Gasteiger partial charge in [-0.1, -0.05) is 24.3 Å². The first-order chi connectivity index (χ1) is 12.2. The van der Waals surface area contributed by atoms with Crippen LogP contribution in [0.5, 0.6) is 5.75 Å². The van der Waals surface area contributed by atoms with Gasteiger partial charge in [0.1, 0.15) is 5.75 Å². The van der Waals surface area contributed by atoms with Crippen LogP contribution < -0.4 is 10.1 Å². The number of benzene rings is 2. The molecule has 2 aromatic rings. The molecule has 0 radical (unpaired) electrons. The molecule has 0 aliphatic rings. The lowest BCUT2D eigenvalue weighted by Gasteiger charge is -2.15. The first-order valence-corrected chi connectivity index (χ1v) is 9.62. The molecule has 0 bridgehead atoms. The van der Waals surface area contributed by atoms with Crippen LogP contribution in [0, 0.1) is 13.8 Å². The Morgan fingerprint density at radius 3 is 2.31 bits per heavy atom. The Morgan fingerprint density at radius 2 is 1.69 bits per heavy atom. The summed E-state index contributed by atoms with van der Waals surface area (Å²) in [7, 11) is -0.620. The number of amides is 1. The van der Waals surface area contributed by atoms with Gasteiger partial charge in [-0.25, -0.2) is 12.7 Å². The number of ether oxygens (including phenoxy) is 1. The molecule has 0 fully saturated rings. The van der Waals surface area contributed by atoms with Crippen LogP contribution in [-0.2, 0) is 21.4 Å². The highest BCUT2D eigenvalue weighted by Gasteiger charge is 2.20. The van der Waals surface area contributed by atoms with Crippen molar-refractivity contribution in [2.75, 3.05) is 20.7 Å². The molecule has 1 amide bonds. The van der Waals surface area contributed by atoms with E-state index in [0.29, 0.717) is 11.3 Å². The van der Waals surface area contributed by atoms with E-state index < -0.39 is 10.0 Å². The van der Waals surface area contributed by atoms with E-state index >= 15 is 0 Å². The topological polar surface area (TPSA) is 75.7 Å². The van der Waals surface area contributed by atoms with Crippen molar-refractivity contribution in [3.05, 3.63) is 59.2 Å². The van der Waals surface area contributed by atoms with Crippen LogP contribution in [-0.4, -0.2) is 39.3 Å². The zero-order valence-corrected chi connectivity index (χ0v) is 16.3. The molecule has 0 spiro atoms. The summed E-state index contributed by atoms with van der Waals surface area (Å²) < 4.78 is 31.4. The van der Waals surface area contributed by atoms with Crippen molar-refractivity contribution in [1.82, 2.24) is 9.62 Å². The van der Waals surface area contributed by atoms with Gasteiger partial charge in [0.2, 0.25) is 10.0 Å². The van der Waals surface area contributed by atoms with E-state index in [2.05, 4.69) is 5.32 Å². The van der Waals surface area contributed by atoms with Crippen molar-refractivity contribution in [3.8, 4) is 5.75 Å². The second kappa shape index (κ2) is 8.33. The molecule has 1 N–H and O–H groups in total. The number of sulfonamides is 1. The maximum absolute atomic E-state index is 12.4. The minimum atomic E-state index is -3.57. The standard InChI is InChI=1S/C19H24N2O4S/c1-14-9-15(2)11-17(10-14)25-13-19(22)20-12-16-7-5-6-8-18(16)26(23,24)21(3)4/h5-11H,12-13H2,1-4H3,(H,20,22). The Kier molecular flexibility index (Phi) is 6.39. The Balaban J connectivity index is 2.00. The molecule has 0 aliphatic heterocycles. The average Bonchev–Trinajstić information content (AvgIpc) is 2.57. The molecule has 0 saturated carbocycles. The highest BCUT2D eigenvalue weighted by Crippen LogP contribution is 2.18. The summed E-state index contributed by atoms with van der Waals surface area (Å²) in [6, 6.07) is 12.4. The highest BCUT2D eigenvalue weighted by atomic mass is 32.2. The van der Waals surface area contributed by atoms with Crippen LogP contribution >= 0.6 is 0 Å². The minimum absolute atomic E-state index is 0.109. The summed E-state index contributed by atoms with van der Waals surface area (Å²) >= 11 is 0. The molecular weight excluding hydrogens is 352 g/mol. The zero-order valence-electron chi connectivity index (χ0n) is 15.4. The molecule has 0 unspecified atom stereocenters. The Morgan fingerprint density at radius 1 is 1.08 bits per heavy atom. The Labute approximate surface area is 154 Å². The van der Waals surface area contributed by atoms with Crippen molar-refractivity contribution in [3.63, 3.8) is 0 Å². The monoisotopic (exact) mass is 376 g/mol. The molecular formula is C19H24N2O4S. The maximum Gasteiger partial charge on any atom is 0.258 e. The van der Waals surface area contributed by atoms with E-state index in [1.807, 2.05) is 32.0 Å². The Hall–Kier alpha value is -2.38. The van der Waals surface area contributed by atoms with Crippen LogP contribution in [0.25, 0.3) is 0 Å². The molecule has 0 aromatic heterocycles. The van der Waals surface area contributed by atoms with Crippen molar-refractivity contribution in [2.24, 2.45) is 0 Å². The number of nitrogens with zero attached hydrogens (tertiary/aromatic N) is 1. The number of rotatable bonds is 7. The number of nitrogens with one attached hydrogen (secondary N) is 1. The van der Waals surface area contributed by atoms with Crippen molar-refractivity contribution in [1.29, 1.82) is 0 Å². The molecule has 0 saturated heterocycles. The van der Waals surface area contributed by atoms with Crippen molar-refractivity contribution in [2.45, 2.75) is 25.3 Å². The molecule has 26 heavy (non-hydrogen) atoms. The average molecular weight is 376 g/mol. The van der Waals surface area contributed by atoms with E-state index in [-0.39, 0.29) is 24.0 Å². The van der Waals surface area contributed by atoms with Gasteiger partial charge in [-0.3, -0.25) is 4.79 Å². The number of hydrogen-bond donors (Lipinski definition) is 1. The summed E-state index contributed by atoms with van der Waals surface area (Å²) in [5, 5.41) is 2.70. The number of aryl methyl sites for hydroxylation is 2. The minimum Gasteiger partial charge on any atom is -0.484 e. The second-order valence-corrected chi connectivity index (χ2v) is 8.40. The summed E-state index contributed by atoms with van der Waals surface area (Å²) in [6.45, 7) is 3.90. The fraction of sp³-hybridized carbons (Fsp3) is 0.316. The lowest BCUT2D eigenvalue weighted by atomic mass is 10.1. The van der Waals surface area contributed by atoms with E-state index in [4.69, 9.17) is 4.74 Å². The smallest absolute Gasteiger partial charge is 0.258 e. The van der Waals surface area contributed by atoms with Gasteiger partial charge in [0.05, 0.1) is 4.90 Å². The molecule has 0 aliphatic carbocycles. The van der Waals surface area contributed by atoms with Gasteiger partial charge in [-0.15, -0.1) is 0 Å². The lowest BCUT2D eigenvalue weighted by molar-refractivity contribution is -0.123. The van der Waals surface area contributed by atoms with Crippen LogP contribution in [0.4, 0.5) is 0 Å². The van der Waals surface area contributed by atoms with Crippen LogP contribution in [0.2, 0.25) is 0 Å². The number of carbonyl (C=O) groups is 1. The third-order valence-electron chi connectivity index (χ3n) is 3.77. The number of carbonyl (C=O) groups excluding carboxylic acids is 1. The van der Waals surface area contributed by atoms with Gasteiger partial charge in [0.15, 0.2) is 6.61 Å². The third-order valence-corrected chi connectivity index (χ3v) is 5.69. The van der Waals surface area contributed by atoms with E-state index in [0.717, 1.165) is 15.4 Å². The van der Waals surface area contributed by atoms with E-state index in [9.17, 15) is 13.2 Å². The van der Waals surface area contributed by atoms with Crippen LogP contribution in [0.15, 0.2) is 47.4 Å². The van der Waals surface area contributed by atoms with Gasteiger partial charge >= 0.3 is 0 Å². The highest BCUT2D eigenvalue weighted by molar-refractivity contribution is 7.89. The summed E-state index contributed by atoms with van der Waals surface area (Å²) in [5.41, 5.74) is 2.65. The zero-order chi connectivity index (χ0) is 19.3. The lowest BCUT2D eigenvalue weighted by Crippen LogP contribution is -2.30. The summed E-state index contributed by atoms with van der Waals surface area (Å²) in [5.74, 6) is 0.314. The van der Waals surface area contributed by atoms with Crippen molar-refractivity contribution < 1.29 is 17.9 Å². The summed E-state index contributed by atoms with van der Waals surface area (Å²) in [6.07, 6.45) is 0. The SMILES string of the molecule is Cc1cc(C)cc(OCC(=O)NCc2ccccc2S(=O)(=O)N(C)C)c1. The van der Waals surface area contributed by atoms with Gasteiger partial charge in [0, 0.05) is 20.6 Å². The van der Waals surface area contributed by atoms with Crippen LogP contribution in [0.1, 0.15) is 16.7 Å². The van der Waals surface area contributed by atoms with E-state index in [1.165, 1.54) is 20.2 Å². The normalized spacial score (nSPS) is 11.4.